The fraction of sp³-hybridized carbons (Fsp3) is 0.400. The van der Waals surface area contributed by atoms with Crippen molar-refractivity contribution in [2.24, 2.45) is 0 Å². The summed E-state index contributed by atoms with van der Waals surface area (Å²) < 4.78 is 0. The van der Waals surface area contributed by atoms with Gasteiger partial charge in [-0.2, -0.15) is 0 Å². The molecule has 3 heterocycles. The SMILES string of the molecule is CCN(C(=O)N1c2ccccc2Sc2cccnc21)C1CC[NH+](C)CC1.[Cl-]. The summed E-state index contributed by atoms with van der Waals surface area (Å²) in [6, 6.07) is 12.4. The first-order valence-corrected chi connectivity index (χ1v) is 10.1. The highest BCUT2D eigenvalue weighted by molar-refractivity contribution is 7.99. The Morgan fingerprint density at radius 3 is 2.67 bits per heavy atom. The molecule has 0 aliphatic carbocycles. The van der Waals surface area contributed by atoms with E-state index < -0.39 is 0 Å². The van der Waals surface area contributed by atoms with Gasteiger partial charge in [0.2, 0.25) is 0 Å². The van der Waals surface area contributed by atoms with Crippen LogP contribution in [0.1, 0.15) is 19.8 Å². The number of halogens is 1. The molecule has 4 rings (SSSR count). The third-order valence-electron chi connectivity index (χ3n) is 5.32. The molecule has 144 valence electrons. The summed E-state index contributed by atoms with van der Waals surface area (Å²) in [5, 5.41) is 0. The zero-order valence-corrected chi connectivity index (χ0v) is 17.3. The number of nitrogens with one attached hydrogen (secondary N) is 1. The van der Waals surface area contributed by atoms with E-state index in [1.807, 2.05) is 40.1 Å². The summed E-state index contributed by atoms with van der Waals surface area (Å²) in [6.07, 6.45) is 3.89. The number of hydrogen-bond acceptors (Lipinski definition) is 3. The van der Waals surface area contributed by atoms with Gasteiger partial charge in [0.05, 0.1) is 30.7 Å². The number of pyridine rings is 1. The van der Waals surface area contributed by atoms with Crippen LogP contribution in [-0.4, -0.2) is 48.6 Å². The van der Waals surface area contributed by atoms with E-state index in [1.165, 1.54) is 0 Å². The summed E-state index contributed by atoms with van der Waals surface area (Å²) >= 11 is 1.68. The van der Waals surface area contributed by atoms with Gasteiger partial charge in [-0.05, 0) is 31.2 Å². The van der Waals surface area contributed by atoms with Crippen LogP contribution in [0.15, 0.2) is 52.4 Å². The van der Waals surface area contributed by atoms with Crippen LogP contribution < -0.4 is 22.2 Å². The monoisotopic (exact) mass is 404 g/mol. The summed E-state index contributed by atoms with van der Waals surface area (Å²) in [5.74, 6) is 0.748. The Bertz CT molecular complexity index is 765. The molecule has 2 amide bonds. The molecule has 27 heavy (non-hydrogen) atoms. The lowest BCUT2D eigenvalue weighted by Crippen LogP contribution is -3.10. The van der Waals surface area contributed by atoms with E-state index in [4.69, 9.17) is 0 Å². The second-order valence-electron chi connectivity index (χ2n) is 6.99. The first-order chi connectivity index (χ1) is 12.7. The van der Waals surface area contributed by atoms with Crippen molar-refractivity contribution in [1.29, 1.82) is 0 Å². The molecule has 2 aromatic rings. The van der Waals surface area contributed by atoms with Crippen LogP contribution in [0.3, 0.4) is 0 Å². The number of para-hydroxylation sites is 1. The second kappa shape index (κ2) is 8.50. The van der Waals surface area contributed by atoms with E-state index in [9.17, 15) is 4.79 Å². The van der Waals surface area contributed by atoms with Gasteiger partial charge in [-0.15, -0.1) is 0 Å². The maximum Gasteiger partial charge on any atom is 0.330 e. The summed E-state index contributed by atoms with van der Waals surface area (Å²) in [7, 11) is 2.23. The van der Waals surface area contributed by atoms with E-state index in [2.05, 4.69) is 25.0 Å². The third kappa shape index (κ3) is 3.79. The minimum atomic E-state index is 0. The number of quaternary nitrogens is 1. The summed E-state index contributed by atoms with van der Waals surface area (Å²) in [4.78, 5) is 25.7. The molecule has 1 N–H and O–H groups in total. The number of carbonyl (C=O) groups excluding carboxylic acids is 1. The van der Waals surface area contributed by atoms with E-state index in [0.717, 1.165) is 53.8 Å². The maximum atomic E-state index is 13.6. The summed E-state index contributed by atoms with van der Waals surface area (Å²) in [5.41, 5.74) is 0.936. The average Bonchev–Trinajstić information content (AvgIpc) is 2.68. The van der Waals surface area contributed by atoms with Crippen LogP contribution in [0.5, 0.6) is 0 Å². The van der Waals surface area contributed by atoms with Crippen molar-refractivity contribution >= 4 is 29.3 Å². The Morgan fingerprint density at radius 1 is 1.22 bits per heavy atom. The number of anilines is 2. The van der Waals surface area contributed by atoms with Crippen LogP contribution in [0.25, 0.3) is 0 Å². The smallest absolute Gasteiger partial charge is 0.330 e. The van der Waals surface area contributed by atoms with Gasteiger partial charge in [0.1, 0.15) is 0 Å². The molecule has 0 unspecified atom stereocenters. The normalized spacial score (nSPS) is 20.9. The van der Waals surface area contributed by atoms with Crippen molar-refractivity contribution in [3.05, 3.63) is 42.6 Å². The molecule has 2 aliphatic rings. The number of rotatable bonds is 2. The molecular formula is C20H25ClN4OS. The number of fused-ring (bicyclic) bond motifs is 2. The van der Waals surface area contributed by atoms with Gasteiger partial charge in [-0.1, -0.05) is 23.9 Å². The number of hydrogen-bond donors (Lipinski definition) is 1. The van der Waals surface area contributed by atoms with Crippen molar-refractivity contribution in [2.75, 3.05) is 31.6 Å². The molecule has 2 aliphatic heterocycles. The Hall–Kier alpha value is -1.76. The zero-order valence-electron chi connectivity index (χ0n) is 15.7. The molecule has 0 saturated carbocycles. The molecular weight excluding hydrogens is 380 g/mol. The first-order valence-electron chi connectivity index (χ1n) is 9.33. The van der Waals surface area contributed by atoms with E-state index in [0.29, 0.717) is 6.04 Å². The lowest BCUT2D eigenvalue weighted by atomic mass is 10.0. The molecule has 7 heteroatoms. The molecule has 0 spiro atoms. The number of nitrogens with zero attached hydrogens (tertiary/aromatic N) is 3. The predicted octanol–water partition coefficient (Wildman–Crippen LogP) is -0.193. The lowest BCUT2D eigenvalue weighted by Gasteiger charge is -2.39. The Balaban J connectivity index is 0.00000210. The van der Waals surface area contributed by atoms with Gasteiger partial charge in [0.25, 0.3) is 0 Å². The fourth-order valence-electron chi connectivity index (χ4n) is 3.87. The topological polar surface area (TPSA) is 40.9 Å². The zero-order chi connectivity index (χ0) is 18.1. The largest absolute Gasteiger partial charge is 1.00 e. The van der Waals surface area contributed by atoms with Crippen molar-refractivity contribution in [2.45, 2.75) is 35.6 Å². The number of aromatic nitrogens is 1. The minimum absolute atomic E-state index is 0. The van der Waals surface area contributed by atoms with Crippen molar-refractivity contribution < 1.29 is 22.1 Å². The van der Waals surface area contributed by atoms with Crippen LogP contribution >= 0.6 is 11.8 Å². The number of likely N-dealkylation sites (tertiary alicyclic amines) is 1. The van der Waals surface area contributed by atoms with E-state index in [1.54, 1.807) is 22.9 Å². The molecule has 0 atom stereocenters. The Labute approximate surface area is 171 Å². The average molecular weight is 405 g/mol. The molecule has 1 fully saturated rings. The quantitative estimate of drug-likeness (QED) is 0.754. The molecule has 5 nitrogen and oxygen atoms in total. The van der Waals surface area contributed by atoms with Gasteiger partial charge >= 0.3 is 6.03 Å². The van der Waals surface area contributed by atoms with Gasteiger partial charge in [0, 0.05) is 36.5 Å². The standard InChI is InChI=1S/C20H24N4OS.ClH/c1-3-23(15-10-13-22(2)14-11-15)20(25)24-16-7-4-5-8-17(16)26-18-9-6-12-21-19(18)24;/h4-9,12,15H,3,10-11,13-14H2,1-2H3;1H. The van der Waals surface area contributed by atoms with Gasteiger partial charge in [-0.3, -0.25) is 0 Å². The fourth-order valence-corrected chi connectivity index (χ4v) is 4.90. The number of urea groups is 1. The van der Waals surface area contributed by atoms with Gasteiger partial charge in [-0.25, -0.2) is 14.7 Å². The maximum absolute atomic E-state index is 13.6. The lowest BCUT2D eigenvalue weighted by molar-refractivity contribution is -0.885. The highest BCUT2D eigenvalue weighted by Gasteiger charge is 2.35. The minimum Gasteiger partial charge on any atom is -1.00 e. The van der Waals surface area contributed by atoms with Crippen LogP contribution in [0.4, 0.5) is 16.3 Å². The summed E-state index contributed by atoms with van der Waals surface area (Å²) in [6.45, 7) is 5.04. The second-order valence-corrected chi connectivity index (χ2v) is 8.07. The highest BCUT2D eigenvalue weighted by Crippen LogP contribution is 2.47. The molecule has 1 aromatic heterocycles. The number of benzene rings is 1. The third-order valence-corrected chi connectivity index (χ3v) is 6.42. The van der Waals surface area contributed by atoms with Crippen LogP contribution in [0.2, 0.25) is 0 Å². The molecule has 1 saturated heterocycles. The first kappa shape index (κ1) is 20.0. The molecule has 1 aromatic carbocycles. The Morgan fingerprint density at radius 2 is 1.93 bits per heavy atom. The van der Waals surface area contributed by atoms with Crippen molar-refractivity contribution in [3.63, 3.8) is 0 Å². The highest BCUT2D eigenvalue weighted by atomic mass is 35.5. The predicted molar refractivity (Wildman–Crippen MR) is 104 cm³/mol. The molecule has 0 bridgehead atoms. The van der Waals surface area contributed by atoms with E-state index >= 15 is 0 Å². The number of piperidine rings is 1. The number of amides is 2. The van der Waals surface area contributed by atoms with Crippen molar-refractivity contribution in [3.8, 4) is 0 Å². The van der Waals surface area contributed by atoms with Crippen LogP contribution in [-0.2, 0) is 0 Å². The van der Waals surface area contributed by atoms with Crippen molar-refractivity contribution in [1.82, 2.24) is 9.88 Å². The Kier molecular flexibility index (Phi) is 6.29. The molecule has 0 radical (unpaired) electrons. The van der Waals surface area contributed by atoms with Crippen LogP contribution in [0, 0.1) is 0 Å². The number of carbonyl (C=O) groups is 1. The van der Waals surface area contributed by atoms with E-state index in [-0.39, 0.29) is 18.4 Å². The van der Waals surface area contributed by atoms with Gasteiger partial charge in [0.15, 0.2) is 5.82 Å². The van der Waals surface area contributed by atoms with Gasteiger partial charge < -0.3 is 22.2 Å².